The number of phenolic OH excluding ortho intramolecular Hbond substituents is 1. The van der Waals surface area contributed by atoms with Gasteiger partial charge in [-0.2, -0.15) is 0 Å². The number of thioether (sulfide) groups is 1. The van der Waals surface area contributed by atoms with E-state index in [-0.39, 0.29) is 11.5 Å². The van der Waals surface area contributed by atoms with E-state index in [9.17, 15) is 23.1 Å². The average molecular weight is 313 g/mol. The summed E-state index contributed by atoms with van der Waals surface area (Å²) in [6.45, 7) is 0. The van der Waals surface area contributed by atoms with Crippen LogP contribution in [0.1, 0.15) is 0 Å². The first-order valence-electron chi connectivity index (χ1n) is 5.82. The molecule has 0 aliphatic heterocycles. The fraction of sp³-hybridized carbons (Fsp3) is 0.0714. The molecule has 21 heavy (non-hydrogen) atoms. The van der Waals surface area contributed by atoms with E-state index in [4.69, 9.17) is 0 Å². The molecule has 2 aromatic carbocycles. The van der Waals surface area contributed by atoms with Crippen LogP contribution < -0.4 is 5.32 Å². The van der Waals surface area contributed by atoms with Crippen LogP contribution in [-0.4, -0.2) is 16.8 Å². The second kappa shape index (κ2) is 6.53. The third-order valence-electron chi connectivity index (χ3n) is 2.50. The molecule has 2 aromatic rings. The van der Waals surface area contributed by atoms with Gasteiger partial charge in [-0.15, -0.1) is 11.8 Å². The highest BCUT2D eigenvalue weighted by atomic mass is 32.2. The van der Waals surface area contributed by atoms with Gasteiger partial charge in [0.05, 0.1) is 11.4 Å². The number of carbonyl (C=O) groups excluding carboxylic acids is 1. The molecule has 0 radical (unpaired) electrons. The second-order valence-corrected chi connectivity index (χ2v) is 5.11. The van der Waals surface area contributed by atoms with Crippen molar-refractivity contribution in [2.45, 2.75) is 4.90 Å². The lowest BCUT2D eigenvalue weighted by atomic mass is 10.3. The van der Waals surface area contributed by atoms with Crippen molar-refractivity contribution in [2.24, 2.45) is 0 Å². The highest BCUT2D eigenvalue weighted by Gasteiger charge is 2.15. The van der Waals surface area contributed by atoms with E-state index < -0.39 is 29.0 Å². The lowest BCUT2D eigenvalue weighted by molar-refractivity contribution is -0.113. The van der Waals surface area contributed by atoms with E-state index in [1.807, 2.05) is 0 Å². The summed E-state index contributed by atoms with van der Waals surface area (Å²) in [4.78, 5) is 12.3. The molecule has 1 amide bonds. The summed E-state index contributed by atoms with van der Waals surface area (Å²) in [6, 6.07) is 7.94. The van der Waals surface area contributed by atoms with Crippen LogP contribution in [0.15, 0.2) is 41.3 Å². The Balaban J connectivity index is 1.98. The molecule has 0 saturated carbocycles. The van der Waals surface area contributed by atoms with E-state index >= 15 is 0 Å². The smallest absolute Gasteiger partial charge is 0.234 e. The van der Waals surface area contributed by atoms with Crippen molar-refractivity contribution >= 4 is 23.4 Å². The Morgan fingerprint density at radius 3 is 2.62 bits per heavy atom. The molecule has 2 N–H and O–H groups in total. The SMILES string of the molecule is O=C(CSc1cccc(O)c1)Nc1ccc(F)c(F)c1F. The molecule has 0 heterocycles. The van der Waals surface area contributed by atoms with Gasteiger partial charge in [0, 0.05) is 4.90 Å². The first-order chi connectivity index (χ1) is 9.97. The highest BCUT2D eigenvalue weighted by Crippen LogP contribution is 2.23. The fourth-order valence-corrected chi connectivity index (χ4v) is 2.28. The van der Waals surface area contributed by atoms with Crippen molar-refractivity contribution in [1.82, 2.24) is 0 Å². The number of benzene rings is 2. The van der Waals surface area contributed by atoms with Crippen LogP contribution in [0.5, 0.6) is 5.75 Å². The van der Waals surface area contributed by atoms with Gasteiger partial charge in [-0.3, -0.25) is 4.79 Å². The maximum absolute atomic E-state index is 13.4. The molecule has 0 fully saturated rings. The summed E-state index contributed by atoms with van der Waals surface area (Å²) >= 11 is 1.11. The van der Waals surface area contributed by atoms with Gasteiger partial charge in [-0.05, 0) is 30.3 Å². The number of nitrogens with one attached hydrogen (secondary N) is 1. The van der Waals surface area contributed by atoms with Crippen molar-refractivity contribution in [3.8, 4) is 5.75 Å². The standard InChI is InChI=1S/C14H10F3NO2S/c15-10-4-5-11(14(17)13(10)16)18-12(20)7-21-9-3-1-2-8(19)6-9/h1-6,19H,7H2,(H,18,20). The predicted molar refractivity (Wildman–Crippen MR) is 73.8 cm³/mol. The summed E-state index contributed by atoms with van der Waals surface area (Å²) in [6.07, 6.45) is 0. The second-order valence-electron chi connectivity index (χ2n) is 4.06. The largest absolute Gasteiger partial charge is 0.508 e. The highest BCUT2D eigenvalue weighted by molar-refractivity contribution is 8.00. The van der Waals surface area contributed by atoms with Gasteiger partial charge in [0.1, 0.15) is 5.75 Å². The number of aromatic hydroxyl groups is 1. The van der Waals surface area contributed by atoms with E-state index in [0.29, 0.717) is 4.90 Å². The number of halogens is 3. The van der Waals surface area contributed by atoms with Gasteiger partial charge >= 0.3 is 0 Å². The van der Waals surface area contributed by atoms with Crippen molar-refractivity contribution in [3.63, 3.8) is 0 Å². The van der Waals surface area contributed by atoms with E-state index in [2.05, 4.69) is 5.32 Å². The average Bonchev–Trinajstić information content (AvgIpc) is 2.46. The zero-order chi connectivity index (χ0) is 15.4. The van der Waals surface area contributed by atoms with Crippen LogP contribution >= 0.6 is 11.8 Å². The van der Waals surface area contributed by atoms with Crippen LogP contribution in [0.2, 0.25) is 0 Å². The van der Waals surface area contributed by atoms with Crippen molar-refractivity contribution in [3.05, 3.63) is 53.8 Å². The quantitative estimate of drug-likeness (QED) is 0.670. The monoisotopic (exact) mass is 313 g/mol. The molecule has 3 nitrogen and oxygen atoms in total. The number of hydrogen-bond acceptors (Lipinski definition) is 3. The third-order valence-corrected chi connectivity index (χ3v) is 3.49. The van der Waals surface area contributed by atoms with Gasteiger partial charge in [-0.25, -0.2) is 13.2 Å². The normalized spacial score (nSPS) is 10.4. The molecule has 0 atom stereocenters. The van der Waals surface area contributed by atoms with E-state index in [1.165, 1.54) is 12.1 Å². The first-order valence-corrected chi connectivity index (χ1v) is 6.81. The Bertz CT molecular complexity index is 679. The maximum Gasteiger partial charge on any atom is 0.234 e. The summed E-state index contributed by atoms with van der Waals surface area (Å²) in [7, 11) is 0. The summed E-state index contributed by atoms with van der Waals surface area (Å²) in [5.41, 5.74) is -0.421. The lowest BCUT2D eigenvalue weighted by Gasteiger charge is -2.07. The number of anilines is 1. The summed E-state index contributed by atoms with van der Waals surface area (Å²) in [5, 5.41) is 11.4. The molecule has 7 heteroatoms. The zero-order valence-electron chi connectivity index (χ0n) is 10.6. The molecular formula is C14H10F3NO2S. The minimum Gasteiger partial charge on any atom is -0.508 e. The van der Waals surface area contributed by atoms with Gasteiger partial charge < -0.3 is 10.4 Å². The summed E-state index contributed by atoms with van der Waals surface area (Å²) in [5.74, 6) is -4.97. The molecule has 0 aliphatic carbocycles. The van der Waals surface area contributed by atoms with Crippen molar-refractivity contribution in [1.29, 1.82) is 0 Å². The minimum absolute atomic E-state index is 0.0621. The molecule has 0 unspecified atom stereocenters. The number of phenols is 1. The van der Waals surface area contributed by atoms with Gasteiger partial charge in [0.2, 0.25) is 5.91 Å². The molecule has 0 saturated heterocycles. The Labute approximate surface area is 122 Å². The Hall–Kier alpha value is -2.15. The van der Waals surface area contributed by atoms with Crippen LogP contribution in [-0.2, 0) is 4.79 Å². The molecule has 0 aromatic heterocycles. The van der Waals surface area contributed by atoms with Gasteiger partial charge in [0.25, 0.3) is 0 Å². The lowest BCUT2D eigenvalue weighted by Crippen LogP contribution is -2.15. The topological polar surface area (TPSA) is 49.3 Å². The maximum atomic E-state index is 13.4. The number of carbonyl (C=O) groups is 1. The van der Waals surface area contributed by atoms with Crippen LogP contribution in [0.4, 0.5) is 18.9 Å². The predicted octanol–water partition coefficient (Wildman–Crippen LogP) is 3.54. The minimum atomic E-state index is -1.63. The molecule has 110 valence electrons. The van der Waals surface area contributed by atoms with Crippen molar-refractivity contribution in [2.75, 3.05) is 11.1 Å². The molecule has 0 aliphatic rings. The van der Waals surface area contributed by atoms with Crippen LogP contribution in [0.25, 0.3) is 0 Å². The number of hydrogen-bond donors (Lipinski definition) is 2. The Morgan fingerprint density at radius 1 is 1.14 bits per heavy atom. The molecular weight excluding hydrogens is 303 g/mol. The number of amides is 1. The van der Waals surface area contributed by atoms with Crippen LogP contribution in [0, 0.1) is 17.5 Å². The van der Waals surface area contributed by atoms with Crippen LogP contribution in [0.3, 0.4) is 0 Å². The van der Waals surface area contributed by atoms with E-state index in [1.54, 1.807) is 12.1 Å². The first kappa shape index (κ1) is 15.2. The van der Waals surface area contributed by atoms with E-state index in [0.717, 1.165) is 23.9 Å². The fourth-order valence-electron chi connectivity index (χ4n) is 1.53. The summed E-state index contributed by atoms with van der Waals surface area (Å²) < 4.78 is 39.1. The van der Waals surface area contributed by atoms with Crippen molar-refractivity contribution < 1.29 is 23.1 Å². The number of rotatable bonds is 4. The molecule has 0 spiro atoms. The zero-order valence-corrected chi connectivity index (χ0v) is 11.4. The Morgan fingerprint density at radius 2 is 1.90 bits per heavy atom. The van der Waals surface area contributed by atoms with Gasteiger partial charge in [-0.1, -0.05) is 6.07 Å². The van der Waals surface area contributed by atoms with Gasteiger partial charge in [0.15, 0.2) is 17.5 Å². The molecule has 2 rings (SSSR count). The molecule has 0 bridgehead atoms. The Kier molecular flexibility index (Phi) is 4.74. The third kappa shape index (κ3) is 3.91.